The third kappa shape index (κ3) is 3.17. The topological polar surface area (TPSA) is 24.9 Å². The lowest BCUT2D eigenvalue weighted by Crippen LogP contribution is -2.21. The molecular formula is C8H11F3N2S. The third-order valence-electron chi connectivity index (χ3n) is 1.67. The second-order valence-electron chi connectivity index (χ2n) is 2.84. The van der Waals surface area contributed by atoms with E-state index in [4.69, 9.17) is 0 Å². The van der Waals surface area contributed by atoms with Crippen molar-refractivity contribution in [3.63, 3.8) is 0 Å². The van der Waals surface area contributed by atoms with Crippen LogP contribution in [0, 0.1) is 6.92 Å². The van der Waals surface area contributed by atoms with Gasteiger partial charge in [-0.15, -0.1) is 11.3 Å². The summed E-state index contributed by atoms with van der Waals surface area (Å²) >= 11 is 1.26. The average molecular weight is 224 g/mol. The highest BCUT2D eigenvalue weighted by Gasteiger charge is 2.27. The fourth-order valence-electron chi connectivity index (χ4n) is 1.01. The Balaban J connectivity index is 2.60. The van der Waals surface area contributed by atoms with Crippen LogP contribution in [-0.4, -0.2) is 17.7 Å². The number of aromatic nitrogens is 1. The Labute approximate surface area is 84.2 Å². The van der Waals surface area contributed by atoms with E-state index in [2.05, 4.69) is 10.3 Å². The zero-order chi connectivity index (χ0) is 10.8. The fraction of sp³-hybridized carbons (Fsp3) is 0.625. The van der Waals surface area contributed by atoms with E-state index in [1.807, 2.05) is 13.8 Å². The molecule has 1 N–H and O–H groups in total. The summed E-state index contributed by atoms with van der Waals surface area (Å²) < 4.78 is 35.5. The molecule has 6 heteroatoms. The first-order valence-corrected chi connectivity index (χ1v) is 5.01. The summed E-state index contributed by atoms with van der Waals surface area (Å²) in [5.41, 5.74) is 0.861. The lowest BCUT2D eigenvalue weighted by atomic mass is 10.3. The average Bonchev–Trinajstić information content (AvgIpc) is 2.42. The molecule has 0 radical (unpaired) electrons. The van der Waals surface area contributed by atoms with E-state index < -0.39 is 12.7 Å². The number of hydrogen-bond donors (Lipinski definition) is 1. The summed E-state index contributed by atoms with van der Waals surface area (Å²) in [6.07, 6.45) is -3.44. The summed E-state index contributed by atoms with van der Waals surface area (Å²) in [7, 11) is 0. The number of halogens is 3. The molecule has 0 fully saturated rings. The summed E-state index contributed by atoms with van der Waals surface area (Å²) in [5, 5.41) is 2.61. The molecule has 0 aliphatic rings. The van der Waals surface area contributed by atoms with E-state index in [-0.39, 0.29) is 0 Å². The second-order valence-corrected chi connectivity index (χ2v) is 4.05. The molecule has 0 amide bonds. The van der Waals surface area contributed by atoms with E-state index in [1.54, 1.807) is 0 Å². The minimum atomic E-state index is -4.19. The van der Waals surface area contributed by atoms with Crippen LogP contribution in [0.25, 0.3) is 0 Å². The van der Waals surface area contributed by atoms with Gasteiger partial charge in [0.05, 0.1) is 5.69 Å². The van der Waals surface area contributed by atoms with Crippen LogP contribution in [0.2, 0.25) is 0 Å². The standard InChI is InChI=1S/C8H11F3N2S/c1-3-6-5(2)14-7(13-6)12-4-8(9,10)11/h3-4H2,1-2H3,(H,12,13). The zero-order valence-electron chi connectivity index (χ0n) is 7.90. The molecule has 0 aromatic carbocycles. The maximum atomic E-state index is 11.8. The molecule has 0 saturated heterocycles. The van der Waals surface area contributed by atoms with Crippen molar-refractivity contribution in [2.75, 3.05) is 11.9 Å². The quantitative estimate of drug-likeness (QED) is 0.853. The number of nitrogens with one attached hydrogen (secondary N) is 1. The molecule has 0 bridgehead atoms. The highest BCUT2D eigenvalue weighted by Crippen LogP contribution is 2.24. The van der Waals surface area contributed by atoms with Crippen LogP contribution in [0.3, 0.4) is 0 Å². The Bertz CT molecular complexity index is 306. The van der Waals surface area contributed by atoms with Gasteiger partial charge in [-0.2, -0.15) is 13.2 Å². The van der Waals surface area contributed by atoms with Gasteiger partial charge in [-0.1, -0.05) is 6.92 Å². The largest absolute Gasteiger partial charge is 0.405 e. The molecule has 0 aliphatic heterocycles. The molecule has 1 aromatic rings. The highest BCUT2D eigenvalue weighted by atomic mass is 32.1. The summed E-state index contributed by atoms with van der Waals surface area (Å²) in [6.45, 7) is 2.76. The lowest BCUT2D eigenvalue weighted by Gasteiger charge is -2.05. The SMILES string of the molecule is CCc1nc(NCC(F)(F)F)sc1C. The predicted molar refractivity (Wildman–Crippen MR) is 50.8 cm³/mol. The molecular weight excluding hydrogens is 213 g/mol. The van der Waals surface area contributed by atoms with Gasteiger partial charge in [0.15, 0.2) is 5.13 Å². The number of nitrogens with zero attached hydrogens (tertiary/aromatic N) is 1. The van der Waals surface area contributed by atoms with Crippen LogP contribution in [0.4, 0.5) is 18.3 Å². The number of aryl methyl sites for hydroxylation is 2. The molecule has 0 spiro atoms. The summed E-state index contributed by atoms with van der Waals surface area (Å²) in [4.78, 5) is 5.01. The van der Waals surface area contributed by atoms with Crippen molar-refractivity contribution in [2.45, 2.75) is 26.4 Å². The summed E-state index contributed by atoms with van der Waals surface area (Å²) in [6, 6.07) is 0. The van der Waals surface area contributed by atoms with Crippen molar-refractivity contribution in [1.29, 1.82) is 0 Å². The van der Waals surface area contributed by atoms with Gasteiger partial charge < -0.3 is 5.32 Å². The van der Waals surface area contributed by atoms with Crippen LogP contribution in [0.15, 0.2) is 0 Å². The van der Waals surface area contributed by atoms with Crippen LogP contribution < -0.4 is 5.32 Å². The molecule has 1 heterocycles. The normalized spacial score (nSPS) is 11.8. The number of alkyl halides is 3. The highest BCUT2D eigenvalue weighted by molar-refractivity contribution is 7.15. The van der Waals surface area contributed by atoms with Gasteiger partial charge in [-0.05, 0) is 13.3 Å². The Kier molecular flexibility index (Phi) is 3.36. The Morgan fingerprint density at radius 2 is 2.07 bits per heavy atom. The molecule has 2 nitrogen and oxygen atoms in total. The van der Waals surface area contributed by atoms with E-state index in [9.17, 15) is 13.2 Å². The molecule has 0 unspecified atom stereocenters. The first kappa shape index (κ1) is 11.3. The fourth-order valence-corrected chi connectivity index (χ4v) is 1.91. The molecule has 0 atom stereocenters. The van der Waals surface area contributed by atoms with Gasteiger partial charge in [0.1, 0.15) is 6.54 Å². The third-order valence-corrected chi connectivity index (χ3v) is 2.64. The second kappa shape index (κ2) is 4.16. The van der Waals surface area contributed by atoms with Crippen molar-refractivity contribution >= 4 is 16.5 Å². The van der Waals surface area contributed by atoms with Crippen molar-refractivity contribution in [3.05, 3.63) is 10.6 Å². The summed E-state index contributed by atoms with van der Waals surface area (Å²) in [5.74, 6) is 0. The number of anilines is 1. The lowest BCUT2D eigenvalue weighted by molar-refractivity contribution is -0.115. The van der Waals surface area contributed by atoms with Gasteiger partial charge in [-0.3, -0.25) is 0 Å². The molecule has 80 valence electrons. The first-order chi connectivity index (χ1) is 6.42. The van der Waals surface area contributed by atoms with E-state index >= 15 is 0 Å². The number of rotatable bonds is 3. The van der Waals surface area contributed by atoms with Crippen molar-refractivity contribution in [1.82, 2.24) is 4.98 Å². The van der Waals surface area contributed by atoms with Gasteiger partial charge in [0.2, 0.25) is 0 Å². The minimum absolute atomic E-state index is 0.344. The number of thiazole rings is 1. The van der Waals surface area contributed by atoms with Crippen LogP contribution in [-0.2, 0) is 6.42 Å². The van der Waals surface area contributed by atoms with Crippen molar-refractivity contribution in [2.24, 2.45) is 0 Å². The van der Waals surface area contributed by atoms with Crippen LogP contribution in [0.5, 0.6) is 0 Å². The van der Waals surface area contributed by atoms with E-state index in [1.165, 1.54) is 11.3 Å². The Morgan fingerprint density at radius 3 is 2.50 bits per heavy atom. The van der Waals surface area contributed by atoms with Crippen LogP contribution >= 0.6 is 11.3 Å². The molecule has 1 aromatic heterocycles. The van der Waals surface area contributed by atoms with Gasteiger partial charge in [-0.25, -0.2) is 4.98 Å². The maximum absolute atomic E-state index is 11.8. The smallest absolute Gasteiger partial charge is 0.352 e. The van der Waals surface area contributed by atoms with Gasteiger partial charge >= 0.3 is 6.18 Å². The molecule has 1 rings (SSSR count). The molecule has 0 saturated carbocycles. The Hall–Kier alpha value is -0.780. The molecule has 14 heavy (non-hydrogen) atoms. The first-order valence-electron chi connectivity index (χ1n) is 4.19. The minimum Gasteiger partial charge on any atom is -0.352 e. The molecule has 0 aliphatic carbocycles. The van der Waals surface area contributed by atoms with Crippen molar-refractivity contribution < 1.29 is 13.2 Å². The maximum Gasteiger partial charge on any atom is 0.405 e. The number of hydrogen-bond acceptors (Lipinski definition) is 3. The van der Waals surface area contributed by atoms with Crippen molar-refractivity contribution in [3.8, 4) is 0 Å². The predicted octanol–water partition coefficient (Wildman–Crippen LogP) is 2.99. The monoisotopic (exact) mass is 224 g/mol. The Morgan fingerprint density at radius 1 is 1.43 bits per heavy atom. The van der Waals surface area contributed by atoms with E-state index in [0.29, 0.717) is 5.13 Å². The van der Waals surface area contributed by atoms with Crippen LogP contribution in [0.1, 0.15) is 17.5 Å². The van der Waals surface area contributed by atoms with Gasteiger partial charge in [0.25, 0.3) is 0 Å². The van der Waals surface area contributed by atoms with Gasteiger partial charge in [0, 0.05) is 4.88 Å². The van der Waals surface area contributed by atoms with E-state index in [0.717, 1.165) is 17.0 Å². The zero-order valence-corrected chi connectivity index (χ0v) is 8.72.